The Balaban J connectivity index is 1.96. The molecule has 1 unspecified atom stereocenters. The summed E-state index contributed by atoms with van der Waals surface area (Å²) >= 11 is 6.22. The van der Waals surface area contributed by atoms with E-state index >= 15 is 0 Å². The molecule has 2 N–H and O–H groups in total. The van der Waals surface area contributed by atoms with Crippen molar-refractivity contribution in [1.82, 2.24) is 13.7 Å². The van der Waals surface area contributed by atoms with Gasteiger partial charge in [-0.05, 0) is 29.8 Å². The zero-order valence-electron chi connectivity index (χ0n) is 17.7. The lowest BCUT2D eigenvalue weighted by Gasteiger charge is -2.18. The van der Waals surface area contributed by atoms with Crippen molar-refractivity contribution in [3.05, 3.63) is 132 Å². The Labute approximate surface area is 196 Å². The Morgan fingerprint density at radius 2 is 1.35 bits per heavy atom. The first-order valence-electron chi connectivity index (χ1n) is 10.2. The number of halogens is 3. The number of rotatable bonds is 6. The number of hydrogen-bond acceptors (Lipinski definition) is 4. The van der Waals surface area contributed by atoms with Gasteiger partial charge in [0.2, 0.25) is 0 Å². The first-order chi connectivity index (χ1) is 16.3. The van der Waals surface area contributed by atoms with E-state index in [1.54, 1.807) is 42.5 Å². The van der Waals surface area contributed by atoms with E-state index in [2.05, 4.69) is 0 Å². The van der Waals surface area contributed by atoms with Crippen LogP contribution >= 0.6 is 11.6 Å². The van der Waals surface area contributed by atoms with E-state index in [1.807, 2.05) is 0 Å². The van der Waals surface area contributed by atoms with Gasteiger partial charge in [0.15, 0.2) is 0 Å². The van der Waals surface area contributed by atoms with Gasteiger partial charge in [0.25, 0.3) is 0 Å². The summed E-state index contributed by atoms with van der Waals surface area (Å²) in [7, 11) is 0. The molecule has 0 spiro atoms. The van der Waals surface area contributed by atoms with Crippen LogP contribution in [0.5, 0.6) is 0 Å². The molecular formula is C24H19ClF2N4O3. The molecule has 34 heavy (non-hydrogen) atoms. The summed E-state index contributed by atoms with van der Waals surface area (Å²) in [4.78, 5) is 39.8. The van der Waals surface area contributed by atoms with E-state index < -0.39 is 46.9 Å². The lowest BCUT2D eigenvalue weighted by Crippen LogP contribution is -2.55. The molecule has 3 aromatic carbocycles. The van der Waals surface area contributed by atoms with Crippen molar-refractivity contribution >= 4 is 11.6 Å². The van der Waals surface area contributed by atoms with Crippen LogP contribution in [0.25, 0.3) is 5.69 Å². The highest BCUT2D eigenvalue weighted by Crippen LogP contribution is 2.17. The largest absolute Gasteiger partial charge is 0.341 e. The third-order valence-corrected chi connectivity index (χ3v) is 5.70. The van der Waals surface area contributed by atoms with E-state index in [0.717, 1.165) is 16.7 Å². The zero-order valence-corrected chi connectivity index (χ0v) is 18.5. The van der Waals surface area contributed by atoms with Crippen LogP contribution in [-0.2, 0) is 13.1 Å². The molecule has 0 saturated heterocycles. The maximum Gasteiger partial charge on any atom is 0.341 e. The lowest BCUT2D eigenvalue weighted by atomic mass is 10.1. The number of nitrogens with zero attached hydrogens (tertiary/aromatic N) is 3. The molecule has 0 saturated carbocycles. The second-order valence-electron chi connectivity index (χ2n) is 7.55. The Bertz CT molecular complexity index is 1510. The minimum Gasteiger partial charge on any atom is -0.322 e. The van der Waals surface area contributed by atoms with Crippen LogP contribution in [0.3, 0.4) is 0 Å². The van der Waals surface area contributed by atoms with Crippen LogP contribution in [0.15, 0.2) is 87.2 Å². The Hall–Kier alpha value is -3.82. The summed E-state index contributed by atoms with van der Waals surface area (Å²) in [6.45, 7) is -1.02. The molecule has 4 rings (SSSR count). The third kappa shape index (κ3) is 4.35. The van der Waals surface area contributed by atoms with Crippen LogP contribution in [0, 0.1) is 11.6 Å². The molecule has 4 aromatic rings. The SMILES string of the molecule is NC(Cn1c(=O)n(Cc2c(F)cccc2F)c(=O)n(-c2ccccc2Cl)c1=O)c1ccccc1. The van der Waals surface area contributed by atoms with E-state index in [0.29, 0.717) is 14.7 Å². The molecule has 0 radical (unpaired) electrons. The molecule has 1 heterocycles. The maximum absolute atomic E-state index is 14.3. The fraction of sp³-hybridized carbons (Fsp3) is 0.125. The summed E-state index contributed by atoms with van der Waals surface area (Å²) in [6.07, 6.45) is 0. The summed E-state index contributed by atoms with van der Waals surface area (Å²) in [6, 6.07) is 17.2. The highest BCUT2D eigenvalue weighted by atomic mass is 35.5. The maximum atomic E-state index is 14.3. The Morgan fingerprint density at radius 3 is 2.00 bits per heavy atom. The molecule has 0 fully saturated rings. The van der Waals surface area contributed by atoms with Crippen molar-refractivity contribution in [2.75, 3.05) is 0 Å². The number of nitrogens with two attached hydrogens (primary N) is 1. The molecule has 0 aliphatic rings. The first-order valence-corrected chi connectivity index (χ1v) is 10.6. The standard InChI is InChI=1S/C24H19ClF2N4O3/c25-17-9-4-5-12-21(17)31-23(33)29(13-16-18(26)10-6-11-19(16)27)22(32)30(24(31)34)14-20(28)15-7-2-1-3-8-15/h1-12,20H,13-14,28H2. The van der Waals surface area contributed by atoms with Crippen molar-refractivity contribution in [2.45, 2.75) is 19.1 Å². The van der Waals surface area contributed by atoms with Gasteiger partial charge in [-0.3, -0.25) is 0 Å². The van der Waals surface area contributed by atoms with Crippen molar-refractivity contribution in [2.24, 2.45) is 5.73 Å². The minimum absolute atomic E-state index is 0.0176. The monoisotopic (exact) mass is 484 g/mol. The van der Waals surface area contributed by atoms with E-state index in [1.165, 1.54) is 18.2 Å². The van der Waals surface area contributed by atoms with Crippen LogP contribution in [0.1, 0.15) is 17.2 Å². The highest BCUT2D eigenvalue weighted by molar-refractivity contribution is 6.32. The predicted molar refractivity (Wildman–Crippen MR) is 124 cm³/mol. The summed E-state index contributed by atoms with van der Waals surface area (Å²) in [5, 5.41) is 0.0721. The number of benzene rings is 3. The fourth-order valence-electron chi connectivity index (χ4n) is 3.61. The normalized spacial score (nSPS) is 12.0. The van der Waals surface area contributed by atoms with E-state index in [4.69, 9.17) is 17.3 Å². The van der Waals surface area contributed by atoms with Gasteiger partial charge in [-0.25, -0.2) is 36.9 Å². The minimum atomic E-state index is -1.09. The summed E-state index contributed by atoms with van der Waals surface area (Å²) in [5.74, 6) is -1.87. The topological polar surface area (TPSA) is 92.0 Å². The fourth-order valence-corrected chi connectivity index (χ4v) is 3.83. The van der Waals surface area contributed by atoms with E-state index in [-0.39, 0.29) is 17.3 Å². The Kier molecular flexibility index (Phi) is 6.58. The molecule has 0 aliphatic carbocycles. The second-order valence-corrected chi connectivity index (χ2v) is 7.96. The quantitative estimate of drug-likeness (QED) is 0.455. The third-order valence-electron chi connectivity index (χ3n) is 5.38. The van der Waals surface area contributed by atoms with Gasteiger partial charge < -0.3 is 5.73 Å². The number of para-hydroxylation sites is 1. The molecule has 0 aliphatic heterocycles. The lowest BCUT2D eigenvalue weighted by molar-refractivity contribution is 0.458. The molecule has 10 heteroatoms. The first kappa shape index (κ1) is 23.3. The van der Waals surface area contributed by atoms with Gasteiger partial charge in [0.05, 0.1) is 23.8 Å². The van der Waals surface area contributed by atoms with Crippen molar-refractivity contribution in [3.63, 3.8) is 0 Å². The van der Waals surface area contributed by atoms with Gasteiger partial charge in [0.1, 0.15) is 11.6 Å². The summed E-state index contributed by atoms with van der Waals surface area (Å²) < 4.78 is 30.7. The zero-order chi connectivity index (χ0) is 24.4. The van der Waals surface area contributed by atoms with Crippen molar-refractivity contribution in [1.29, 1.82) is 0 Å². The summed E-state index contributed by atoms with van der Waals surface area (Å²) in [5.41, 5.74) is 3.29. The molecule has 1 aromatic heterocycles. The average Bonchev–Trinajstić information content (AvgIpc) is 2.83. The molecule has 0 amide bonds. The highest BCUT2D eigenvalue weighted by Gasteiger charge is 2.22. The molecular weight excluding hydrogens is 466 g/mol. The van der Waals surface area contributed by atoms with Crippen molar-refractivity contribution < 1.29 is 8.78 Å². The molecule has 174 valence electrons. The average molecular weight is 485 g/mol. The predicted octanol–water partition coefficient (Wildman–Crippen LogP) is 2.84. The van der Waals surface area contributed by atoms with Gasteiger partial charge in [0, 0.05) is 11.6 Å². The second kappa shape index (κ2) is 9.58. The van der Waals surface area contributed by atoms with Crippen LogP contribution in [-0.4, -0.2) is 13.7 Å². The van der Waals surface area contributed by atoms with E-state index in [9.17, 15) is 23.2 Å². The molecule has 0 bridgehead atoms. The Morgan fingerprint density at radius 1 is 0.765 bits per heavy atom. The number of aromatic nitrogens is 3. The smallest absolute Gasteiger partial charge is 0.322 e. The van der Waals surface area contributed by atoms with Crippen molar-refractivity contribution in [3.8, 4) is 5.69 Å². The van der Waals surface area contributed by atoms with Crippen LogP contribution < -0.4 is 22.8 Å². The van der Waals surface area contributed by atoms with Gasteiger partial charge >= 0.3 is 17.1 Å². The van der Waals surface area contributed by atoms with Gasteiger partial charge in [-0.2, -0.15) is 0 Å². The van der Waals surface area contributed by atoms with Gasteiger partial charge in [-0.15, -0.1) is 0 Å². The van der Waals surface area contributed by atoms with Crippen LogP contribution in [0.4, 0.5) is 8.78 Å². The van der Waals surface area contributed by atoms with Crippen LogP contribution in [0.2, 0.25) is 5.02 Å². The molecule has 7 nitrogen and oxygen atoms in total. The van der Waals surface area contributed by atoms with Gasteiger partial charge in [-0.1, -0.05) is 60.1 Å². The molecule has 1 atom stereocenters. The number of hydrogen-bond donors (Lipinski definition) is 1.